The molecule has 1 unspecified atom stereocenters. The lowest BCUT2D eigenvalue weighted by Crippen LogP contribution is -2.57. The van der Waals surface area contributed by atoms with Crippen molar-refractivity contribution in [2.75, 3.05) is 43.9 Å². The van der Waals surface area contributed by atoms with E-state index in [2.05, 4.69) is 38.2 Å². The highest BCUT2D eigenvalue weighted by Crippen LogP contribution is 2.28. The van der Waals surface area contributed by atoms with Gasteiger partial charge in [-0.1, -0.05) is 67.6 Å². The van der Waals surface area contributed by atoms with Crippen LogP contribution in [0.15, 0.2) is 29.8 Å². The average molecular weight is 673 g/mol. The van der Waals surface area contributed by atoms with Crippen LogP contribution >= 0.6 is 33.9 Å². The van der Waals surface area contributed by atoms with Gasteiger partial charge in [-0.05, 0) is 23.5 Å². The Kier molecular flexibility index (Phi) is 12.6. The fourth-order valence-electron chi connectivity index (χ4n) is 4.55. The second-order valence-corrected chi connectivity index (χ2v) is 12.7. The van der Waals surface area contributed by atoms with Gasteiger partial charge in [0.1, 0.15) is 6.04 Å². The summed E-state index contributed by atoms with van der Waals surface area (Å²) in [5.41, 5.74) is 4.49. The van der Waals surface area contributed by atoms with Crippen molar-refractivity contribution in [3.63, 3.8) is 0 Å². The molecule has 3 N–H and O–H groups in total. The quantitative estimate of drug-likeness (QED) is 0.161. The molecule has 2 amide bonds. The minimum Gasteiger partial charge on any atom is -0.391 e. The Morgan fingerprint density at radius 2 is 1.87 bits per heavy atom. The normalized spacial score (nSPS) is 18.4. The Bertz CT molecular complexity index is 1060. The molecule has 0 aliphatic carbocycles. The second kappa shape index (κ2) is 15.4. The summed E-state index contributed by atoms with van der Waals surface area (Å²) in [6.07, 6.45) is -0.517. The number of hydrogen-bond donors (Lipinski definition) is 3. The summed E-state index contributed by atoms with van der Waals surface area (Å²) < 4.78 is 12.0. The SMILES string of the molecule is Cc1ncsc1-c1ccc(CNC(=O)[C@@H]2C[C@@H](O)CN2C(=O)C(NCCOCCOCCI)C(C)(C)C)cc1. The fourth-order valence-corrected chi connectivity index (χ4v) is 5.67. The van der Waals surface area contributed by atoms with Gasteiger partial charge in [0.25, 0.3) is 0 Å². The molecule has 2 heterocycles. The number of ether oxygens (including phenoxy) is 2. The Hall–Kier alpha value is -1.64. The minimum absolute atomic E-state index is 0.138. The number of carbonyl (C=O) groups is 2. The number of halogens is 1. The third-order valence-corrected chi connectivity index (χ3v) is 8.01. The van der Waals surface area contributed by atoms with Crippen molar-refractivity contribution in [3.8, 4) is 10.4 Å². The first kappa shape index (κ1) is 31.9. The molecule has 1 aliphatic rings. The molecule has 0 bridgehead atoms. The van der Waals surface area contributed by atoms with E-state index in [0.29, 0.717) is 39.5 Å². The van der Waals surface area contributed by atoms with E-state index < -0.39 is 23.6 Å². The summed E-state index contributed by atoms with van der Waals surface area (Å²) in [7, 11) is 0. The number of amides is 2. The molecule has 0 spiro atoms. The molecule has 3 rings (SSSR count). The molecule has 3 atom stereocenters. The van der Waals surface area contributed by atoms with Crippen molar-refractivity contribution in [2.24, 2.45) is 5.41 Å². The molecule has 0 saturated carbocycles. The number of nitrogens with one attached hydrogen (secondary N) is 2. The van der Waals surface area contributed by atoms with E-state index in [1.165, 1.54) is 4.90 Å². The summed E-state index contributed by atoms with van der Waals surface area (Å²) in [5.74, 6) is -0.446. The van der Waals surface area contributed by atoms with Crippen molar-refractivity contribution >= 4 is 45.7 Å². The number of β-amino-alcohol motifs (C(OH)–C–C–N with tert-alkyl or cyclic N) is 1. The summed E-state index contributed by atoms with van der Waals surface area (Å²) >= 11 is 3.86. The Balaban J connectivity index is 1.55. The zero-order chi connectivity index (χ0) is 28.4. The first-order chi connectivity index (χ1) is 18.6. The van der Waals surface area contributed by atoms with Gasteiger partial charge in [0.2, 0.25) is 11.8 Å². The van der Waals surface area contributed by atoms with Crippen LogP contribution < -0.4 is 10.6 Å². The third kappa shape index (κ3) is 9.46. The topological polar surface area (TPSA) is 113 Å². The van der Waals surface area contributed by atoms with E-state index >= 15 is 0 Å². The number of rotatable bonds is 14. The van der Waals surface area contributed by atoms with Gasteiger partial charge in [-0.25, -0.2) is 4.98 Å². The second-order valence-electron chi connectivity index (χ2n) is 10.7. The fraction of sp³-hybridized carbons (Fsp3) is 0.607. The van der Waals surface area contributed by atoms with E-state index in [1.807, 2.05) is 57.5 Å². The van der Waals surface area contributed by atoms with Crippen LogP contribution in [-0.4, -0.2) is 88.9 Å². The molecule has 2 aromatic rings. The van der Waals surface area contributed by atoms with Crippen molar-refractivity contribution < 1.29 is 24.2 Å². The highest BCUT2D eigenvalue weighted by molar-refractivity contribution is 14.1. The number of nitrogens with zero attached hydrogens (tertiary/aromatic N) is 2. The van der Waals surface area contributed by atoms with Gasteiger partial charge in [-0.2, -0.15) is 0 Å². The van der Waals surface area contributed by atoms with Crippen LogP contribution in [0.2, 0.25) is 0 Å². The molecule has 11 heteroatoms. The standard InChI is InChI=1S/C28H41IN4O5S/c1-19-24(39-18-32-19)21-7-5-20(6-8-21)16-31-26(35)23-15-22(34)17-33(23)27(36)25(28(2,3)4)30-10-12-38-14-13-37-11-9-29/h5-8,18,22-23,25,30,34H,9-17H2,1-4H3,(H,31,35)/t22-,23+,25?/m1/s1. The molecular formula is C28H41IN4O5S. The summed E-state index contributed by atoms with van der Waals surface area (Å²) in [6, 6.07) is 6.78. The van der Waals surface area contributed by atoms with Gasteiger partial charge in [-0.15, -0.1) is 11.3 Å². The molecule has 1 aromatic heterocycles. The maximum atomic E-state index is 13.6. The molecule has 216 valence electrons. The molecule has 39 heavy (non-hydrogen) atoms. The van der Waals surface area contributed by atoms with Gasteiger partial charge >= 0.3 is 0 Å². The minimum atomic E-state index is -0.738. The molecule has 0 radical (unpaired) electrons. The van der Waals surface area contributed by atoms with Crippen LogP contribution in [0.1, 0.15) is 38.4 Å². The number of hydrogen-bond acceptors (Lipinski definition) is 8. The van der Waals surface area contributed by atoms with Gasteiger partial charge in [-0.3, -0.25) is 9.59 Å². The maximum absolute atomic E-state index is 13.6. The lowest BCUT2D eigenvalue weighted by molar-refractivity contribution is -0.142. The zero-order valence-corrected chi connectivity index (χ0v) is 26.2. The van der Waals surface area contributed by atoms with Crippen LogP contribution in [0.4, 0.5) is 0 Å². The summed E-state index contributed by atoms with van der Waals surface area (Å²) in [4.78, 5) is 33.8. The maximum Gasteiger partial charge on any atom is 0.243 e. The first-order valence-corrected chi connectivity index (χ1v) is 15.7. The van der Waals surface area contributed by atoms with Crippen molar-refractivity contribution in [2.45, 2.75) is 58.8 Å². The molecule has 1 fully saturated rings. The summed E-state index contributed by atoms with van der Waals surface area (Å²) in [6.45, 7) is 11.1. The largest absolute Gasteiger partial charge is 0.391 e. The monoisotopic (exact) mass is 672 g/mol. The number of alkyl halides is 1. The highest BCUT2D eigenvalue weighted by atomic mass is 127. The van der Waals surface area contributed by atoms with Gasteiger partial charge in [0, 0.05) is 30.5 Å². The number of likely N-dealkylation sites (tertiary alicyclic amines) is 1. The molecule has 1 aliphatic heterocycles. The molecular weight excluding hydrogens is 631 g/mol. The van der Waals surface area contributed by atoms with Crippen molar-refractivity contribution in [3.05, 3.63) is 41.0 Å². The van der Waals surface area contributed by atoms with Crippen LogP contribution in [0.5, 0.6) is 0 Å². The van der Waals surface area contributed by atoms with E-state index in [-0.39, 0.29) is 24.8 Å². The van der Waals surface area contributed by atoms with Crippen LogP contribution in [0, 0.1) is 12.3 Å². The number of aryl methyl sites for hydroxylation is 1. The van der Waals surface area contributed by atoms with Crippen molar-refractivity contribution in [1.29, 1.82) is 0 Å². The predicted octanol–water partition coefficient (Wildman–Crippen LogP) is 3.17. The van der Waals surface area contributed by atoms with Gasteiger partial charge in [0.05, 0.1) is 54.7 Å². The average Bonchev–Trinajstić information content (AvgIpc) is 3.51. The van der Waals surface area contributed by atoms with Crippen LogP contribution in [-0.2, 0) is 25.6 Å². The Labute approximate surface area is 249 Å². The number of thiazole rings is 1. The van der Waals surface area contributed by atoms with Gasteiger partial charge in [0.15, 0.2) is 0 Å². The summed E-state index contributed by atoms with van der Waals surface area (Å²) in [5, 5.41) is 16.7. The van der Waals surface area contributed by atoms with E-state index in [4.69, 9.17) is 9.47 Å². The Morgan fingerprint density at radius 3 is 2.49 bits per heavy atom. The number of benzene rings is 1. The predicted molar refractivity (Wildman–Crippen MR) is 162 cm³/mol. The highest BCUT2D eigenvalue weighted by Gasteiger charge is 2.43. The first-order valence-electron chi connectivity index (χ1n) is 13.3. The number of carbonyl (C=O) groups excluding carboxylic acids is 2. The van der Waals surface area contributed by atoms with E-state index in [1.54, 1.807) is 11.3 Å². The van der Waals surface area contributed by atoms with Crippen LogP contribution in [0.3, 0.4) is 0 Å². The zero-order valence-electron chi connectivity index (χ0n) is 23.2. The van der Waals surface area contributed by atoms with E-state index in [9.17, 15) is 14.7 Å². The van der Waals surface area contributed by atoms with Crippen molar-refractivity contribution in [1.82, 2.24) is 20.5 Å². The number of aliphatic hydroxyl groups excluding tert-OH is 1. The third-order valence-electron chi connectivity index (χ3n) is 6.59. The van der Waals surface area contributed by atoms with E-state index in [0.717, 1.165) is 26.1 Å². The number of aromatic nitrogens is 1. The molecule has 9 nitrogen and oxygen atoms in total. The Morgan fingerprint density at radius 1 is 1.18 bits per heavy atom. The number of aliphatic hydroxyl groups is 1. The molecule has 1 aromatic carbocycles. The van der Waals surface area contributed by atoms with Gasteiger partial charge < -0.3 is 30.1 Å². The lowest BCUT2D eigenvalue weighted by Gasteiger charge is -2.35. The smallest absolute Gasteiger partial charge is 0.243 e. The van der Waals surface area contributed by atoms with Crippen LogP contribution in [0.25, 0.3) is 10.4 Å². The molecule has 1 saturated heterocycles. The lowest BCUT2D eigenvalue weighted by atomic mass is 9.85.